The molecule has 0 bridgehead atoms. The molecule has 0 aliphatic heterocycles. The van der Waals surface area contributed by atoms with E-state index < -0.39 is 0 Å². The van der Waals surface area contributed by atoms with Gasteiger partial charge < -0.3 is 0 Å². The molecule has 24 heavy (non-hydrogen) atoms. The molecular formula is C19H20ClN3S. The van der Waals surface area contributed by atoms with Crippen LogP contribution in [0, 0.1) is 12.8 Å². The molecule has 0 amide bonds. The Hall–Kier alpha value is -1.78. The molecule has 2 heterocycles. The van der Waals surface area contributed by atoms with Crippen LogP contribution in [0.2, 0.25) is 5.02 Å². The second kappa shape index (κ2) is 7.41. The molecule has 0 aliphatic rings. The van der Waals surface area contributed by atoms with Gasteiger partial charge in [-0.05, 0) is 43.2 Å². The Labute approximate surface area is 151 Å². The summed E-state index contributed by atoms with van der Waals surface area (Å²) in [6.07, 6.45) is 1.85. The number of nitrogens with one attached hydrogen (secondary N) is 1. The fourth-order valence-corrected chi connectivity index (χ4v) is 4.19. The van der Waals surface area contributed by atoms with Crippen LogP contribution >= 0.6 is 23.4 Å². The summed E-state index contributed by atoms with van der Waals surface area (Å²) < 4.78 is 0. The van der Waals surface area contributed by atoms with E-state index in [-0.39, 0.29) is 5.92 Å². The first-order valence-corrected chi connectivity index (χ1v) is 9.15. The maximum atomic E-state index is 6.12. The van der Waals surface area contributed by atoms with Crippen LogP contribution in [-0.4, -0.2) is 15.2 Å². The monoisotopic (exact) mass is 357 g/mol. The second-order valence-electron chi connectivity index (χ2n) is 6.09. The van der Waals surface area contributed by atoms with Gasteiger partial charge in [0.15, 0.2) is 0 Å². The standard InChI is InChI=1S/C19H20ClN3S/c1-12(2)17(16-9-4-5-10-21-16)18-13(3)22-23-19(18)24-15-8-6-7-14(20)11-15/h4-12,17H,1-3H3,(H,22,23). The number of aromatic nitrogens is 3. The lowest BCUT2D eigenvalue weighted by atomic mass is 9.85. The average molecular weight is 358 g/mol. The molecule has 0 saturated heterocycles. The third-order valence-corrected chi connectivity index (χ3v) is 5.20. The molecule has 3 rings (SSSR count). The molecule has 3 aromatic rings. The van der Waals surface area contributed by atoms with Crippen LogP contribution in [0.25, 0.3) is 0 Å². The maximum Gasteiger partial charge on any atom is 0.0997 e. The van der Waals surface area contributed by atoms with E-state index in [4.69, 9.17) is 11.6 Å². The van der Waals surface area contributed by atoms with Crippen LogP contribution in [0.3, 0.4) is 0 Å². The van der Waals surface area contributed by atoms with Crippen LogP contribution in [0.1, 0.15) is 36.7 Å². The Morgan fingerprint density at radius 2 is 1.96 bits per heavy atom. The molecule has 1 N–H and O–H groups in total. The predicted molar refractivity (Wildman–Crippen MR) is 99.8 cm³/mol. The minimum atomic E-state index is 0.201. The zero-order valence-corrected chi connectivity index (χ0v) is 15.5. The third-order valence-electron chi connectivity index (χ3n) is 3.96. The van der Waals surface area contributed by atoms with E-state index in [0.717, 1.165) is 26.3 Å². The van der Waals surface area contributed by atoms with E-state index in [2.05, 4.69) is 41.2 Å². The van der Waals surface area contributed by atoms with Crippen LogP contribution in [0.4, 0.5) is 0 Å². The largest absolute Gasteiger partial charge is 0.271 e. The Morgan fingerprint density at radius 1 is 1.12 bits per heavy atom. The summed E-state index contributed by atoms with van der Waals surface area (Å²) >= 11 is 7.78. The summed E-state index contributed by atoms with van der Waals surface area (Å²) in [6.45, 7) is 6.49. The number of rotatable bonds is 5. The minimum absolute atomic E-state index is 0.201. The summed E-state index contributed by atoms with van der Waals surface area (Å²) in [5, 5.41) is 9.44. The van der Waals surface area contributed by atoms with Gasteiger partial charge in [-0.1, -0.05) is 49.3 Å². The van der Waals surface area contributed by atoms with Gasteiger partial charge in [0.1, 0.15) is 0 Å². The van der Waals surface area contributed by atoms with Crippen molar-refractivity contribution in [1.82, 2.24) is 15.2 Å². The number of nitrogens with zero attached hydrogens (tertiary/aromatic N) is 2. The fourth-order valence-electron chi connectivity index (χ4n) is 2.89. The van der Waals surface area contributed by atoms with Crippen molar-refractivity contribution in [2.45, 2.75) is 36.6 Å². The van der Waals surface area contributed by atoms with Crippen molar-refractivity contribution in [3.63, 3.8) is 0 Å². The first kappa shape index (κ1) is 17.1. The first-order valence-electron chi connectivity index (χ1n) is 7.95. The van der Waals surface area contributed by atoms with Gasteiger partial charge in [0.05, 0.1) is 10.7 Å². The summed E-state index contributed by atoms with van der Waals surface area (Å²) in [5.41, 5.74) is 3.31. The van der Waals surface area contributed by atoms with Crippen molar-refractivity contribution >= 4 is 23.4 Å². The molecule has 1 unspecified atom stereocenters. The number of aromatic amines is 1. The lowest BCUT2D eigenvalue weighted by Crippen LogP contribution is -2.11. The Morgan fingerprint density at radius 3 is 2.62 bits per heavy atom. The average Bonchev–Trinajstić information content (AvgIpc) is 2.90. The minimum Gasteiger partial charge on any atom is -0.271 e. The number of hydrogen-bond acceptors (Lipinski definition) is 3. The number of H-pyrrole nitrogens is 1. The highest BCUT2D eigenvalue weighted by Gasteiger charge is 2.26. The van der Waals surface area contributed by atoms with E-state index in [1.807, 2.05) is 43.5 Å². The summed E-state index contributed by atoms with van der Waals surface area (Å²) in [6, 6.07) is 14.0. The van der Waals surface area contributed by atoms with Crippen molar-refractivity contribution in [1.29, 1.82) is 0 Å². The molecule has 3 nitrogen and oxygen atoms in total. The second-order valence-corrected chi connectivity index (χ2v) is 7.61. The number of pyridine rings is 1. The SMILES string of the molecule is Cc1n[nH]c(Sc2cccc(Cl)c2)c1C(c1ccccn1)C(C)C. The van der Waals surface area contributed by atoms with Gasteiger partial charge in [0.25, 0.3) is 0 Å². The highest BCUT2D eigenvalue weighted by Crippen LogP contribution is 2.40. The van der Waals surface area contributed by atoms with Gasteiger partial charge in [-0.15, -0.1) is 0 Å². The van der Waals surface area contributed by atoms with Crippen LogP contribution < -0.4 is 0 Å². The Balaban J connectivity index is 2.02. The van der Waals surface area contributed by atoms with Crippen LogP contribution in [0.15, 0.2) is 58.6 Å². The number of aryl methyl sites for hydroxylation is 1. The van der Waals surface area contributed by atoms with E-state index >= 15 is 0 Å². The highest BCUT2D eigenvalue weighted by atomic mass is 35.5. The summed E-state index contributed by atoms with van der Waals surface area (Å²) in [4.78, 5) is 5.68. The molecule has 1 aromatic carbocycles. The van der Waals surface area contributed by atoms with Crippen molar-refractivity contribution < 1.29 is 0 Å². The van der Waals surface area contributed by atoms with E-state index in [9.17, 15) is 0 Å². The summed E-state index contributed by atoms with van der Waals surface area (Å²) in [5.74, 6) is 0.613. The third kappa shape index (κ3) is 3.65. The maximum absolute atomic E-state index is 6.12. The smallest absolute Gasteiger partial charge is 0.0997 e. The predicted octanol–water partition coefficient (Wildman–Crippen LogP) is 5.71. The molecule has 0 aliphatic carbocycles. The highest BCUT2D eigenvalue weighted by molar-refractivity contribution is 7.99. The molecule has 5 heteroatoms. The van der Waals surface area contributed by atoms with Crippen LogP contribution in [-0.2, 0) is 0 Å². The summed E-state index contributed by atoms with van der Waals surface area (Å²) in [7, 11) is 0. The van der Waals surface area contributed by atoms with Crippen molar-refractivity contribution in [2.75, 3.05) is 0 Å². The van der Waals surface area contributed by atoms with Gasteiger partial charge in [-0.3, -0.25) is 10.1 Å². The molecular weight excluding hydrogens is 338 g/mol. The lowest BCUT2D eigenvalue weighted by Gasteiger charge is -2.21. The molecule has 0 fully saturated rings. The van der Waals surface area contributed by atoms with Gasteiger partial charge >= 0.3 is 0 Å². The normalized spacial score (nSPS) is 12.5. The number of halogens is 1. The first-order chi connectivity index (χ1) is 11.6. The van der Waals surface area contributed by atoms with E-state index in [1.165, 1.54) is 5.56 Å². The topological polar surface area (TPSA) is 41.6 Å². The molecule has 124 valence electrons. The quantitative estimate of drug-likeness (QED) is 0.636. The number of hydrogen-bond donors (Lipinski definition) is 1. The molecule has 0 saturated carbocycles. The van der Waals surface area contributed by atoms with Gasteiger partial charge in [0, 0.05) is 33.3 Å². The Kier molecular flexibility index (Phi) is 5.27. The van der Waals surface area contributed by atoms with Crippen molar-refractivity contribution in [3.05, 3.63) is 70.6 Å². The van der Waals surface area contributed by atoms with Gasteiger partial charge in [0.2, 0.25) is 0 Å². The van der Waals surface area contributed by atoms with Gasteiger partial charge in [-0.2, -0.15) is 5.10 Å². The fraction of sp³-hybridized carbons (Fsp3) is 0.263. The van der Waals surface area contributed by atoms with Gasteiger partial charge in [-0.25, -0.2) is 0 Å². The van der Waals surface area contributed by atoms with E-state index in [0.29, 0.717) is 5.92 Å². The number of benzene rings is 1. The zero-order chi connectivity index (χ0) is 17.1. The van der Waals surface area contributed by atoms with Crippen molar-refractivity contribution in [3.8, 4) is 0 Å². The zero-order valence-electron chi connectivity index (χ0n) is 14.0. The molecule has 2 aromatic heterocycles. The lowest BCUT2D eigenvalue weighted by molar-refractivity contribution is 0.543. The molecule has 1 atom stereocenters. The molecule has 0 radical (unpaired) electrons. The van der Waals surface area contributed by atoms with E-state index in [1.54, 1.807) is 11.8 Å². The Bertz CT molecular complexity index is 814. The molecule has 0 spiro atoms. The van der Waals surface area contributed by atoms with Crippen LogP contribution in [0.5, 0.6) is 0 Å². The van der Waals surface area contributed by atoms with Crippen molar-refractivity contribution in [2.24, 2.45) is 5.92 Å².